The van der Waals surface area contributed by atoms with E-state index in [0.717, 1.165) is 34.9 Å². The number of imidazole rings is 1. The van der Waals surface area contributed by atoms with Gasteiger partial charge in [-0.3, -0.25) is 9.78 Å². The summed E-state index contributed by atoms with van der Waals surface area (Å²) in [4.78, 5) is 22.7. The van der Waals surface area contributed by atoms with Crippen molar-refractivity contribution in [2.75, 3.05) is 7.11 Å². The first kappa shape index (κ1) is 19.1. The second kappa shape index (κ2) is 7.92. The minimum absolute atomic E-state index is 0.200. The van der Waals surface area contributed by atoms with Crippen LogP contribution in [-0.2, 0) is 13.5 Å². The second-order valence-electron chi connectivity index (χ2n) is 6.59. The van der Waals surface area contributed by atoms with Crippen LogP contribution in [0.1, 0.15) is 34.8 Å². The monoisotopic (exact) mass is 387 g/mol. The number of nitrogens with two attached hydrogens (primary N) is 1. The molecule has 0 spiro atoms. The van der Waals surface area contributed by atoms with Crippen molar-refractivity contribution in [2.45, 2.75) is 26.2 Å². The van der Waals surface area contributed by atoms with Gasteiger partial charge in [0.1, 0.15) is 17.0 Å². The smallest absolute Gasteiger partial charge is 0.268 e. The van der Waals surface area contributed by atoms with Gasteiger partial charge in [0.25, 0.3) is 5.91 Å². The number of benzene rings is 1. The van der Waals surface area contributed by atoms with Gasteiger partial charge >= 0.3 is 0 Å². The van der Waals surface area contributed by atoms with Gasteiger partial charge in [0, 0.05) is 19.7 Å². The average molecular weight is 388 g/mol. The van der Waals surface area contributed by atoms with E-state index in [-0.39, 0.29) is 5.69 Å². The predicted molar refractivity (Wildman–Crippen MR) is 104 cm³/mol. The number of aryl methyl sites for hydroxylation is 2. The lowest BCUT2D eigenvalue weighted by Crippen LogP contribution is -2.13. The molecule has 0 atom stereocenters. The van der Waals surface area contributed by atoms with Crippen molar-refractivity contribution in [3.05, 3.63) is 46.8 Å². The maximum atomic E-state index is 10.4. The van der Waals surface area contributed by atoms with E-state index in [1.165, 1.54) is 25.2 Å². The lowest BCUT2D eigenvalue weighted by molar-refractivity contribution is 0.0995. The molecule has 0 bridgehead atoms. The third kappa shape index (κ3) is 4.36. The summed E-state index contributed by atoms with van der Waals surface area (Å²) >= 11 is 6.11. The van der Waals surface area contributed by atoms with Crippen molar-refractivity contribution >= 4 is 28.5 Å². The van der Waals surface area contributed by atoms with Crippen molar-refractivity contribution in [1.82, 2.24) is 19.5 Å². The quantitative estimate of drug-likeness (QED) is 0.742. The summed E-state index contributed by atoms with van der Waals surface area (Å²) in [6, 6.07) is 3.87. The number of hydrogen-bond acceptors (Lipinski definition) is 5. The zero-order valence-electron chi connectivity index (χ0n) is 15.6. The molecule has 2 N–H and O–H groups in total. The number of methoxy groups -OCH3 is 1. The minimum atomic E-state index is -0.549. The molecule has 1 aliphatic rings. The van der Waals surface area contributed by atoms with Crippen LogP contribution in [0.4, 0.5) is 0 Å². The number of fused-ring (bicyclic) bond motifs is 1. The zero-order valence-corrected chi connectivity index (χ0v) is 16.3. The molecule has 27 heavy (non-hydrogen) atoms. The molecular weight excluding hydrogens is 366 g/mol. The van der Waals surface area contributed by atoms with Crippen LogP contribution in [0.25, 0.3) is 11.0 Å². The van der Waals surface area contributed by atoms with E-state index < -0.39 is 5.91 Å². The molecule has 0 aliphatic heterocycles. The highest BCUT2D eigenvalue weighted by atomic mass is 35.5. The summed E-state index contributed by atoms with van der Waals surface area (Å²) in [7, 11) is 3.69. The third-order valence-electron chi connectivity index (χ3n) is 4.46. The molecule has 7 nitrogen and oxygen atoms in total. The molecular formula is C19H22ClN5O2. The Labute approximate surface area is 162 Å². The molecule has 2 heterocycles. The second-order valence-corrected chi connectivity index (χ2v) is 7.00. The maximum Gasteiger partial charge on any atom is 0.268 e. The van der Waals surface area contributed by atoms with Crippen molar-refractivity contribution in [2.24, 2.45) is 18.7 Å². The van der Waals surface area contributed by atoms with Gasteiger partial charge in [-0.2, -0.15) is 0 Å². The number of rotatable bonds is 4. The molecule has 142 valence electrons. The van der Waals surface area contributed by atoms with Crippen molar-refractivity contribution in [1.29, 1.82) is 0 Å². The van der Waals surface area contributed by atoms with Crippen molar-refractivity contribution in [3.8, 4) is 5.75 Å². The van der Waals surface area contributed by atoms with Gasteiger partial charge in [-0.15, -0.1) is 0 Å². The Bertz CT molecular complexity index is 964. The fraction of sp³-hybridized carbons (Fsp3) is 0.368. The van der Waals surface area contributed by atoms with Crippen LogP contribution in [0, 0.1) is 12.8 Å². The van der Waals surface area contributed by atoms with E-state index in [1.54, 1.807) is 14.0 Å². The Morgan fingerprint density at radius 1 is 1.33 bits per heavy atom. The Hall–Kier alpha value is -2.67. The highest BCUT2D eigenvalue weighted by Gasteiger charge is 2.24. The molecule has 0 saturated heterocycles. The molecule has 8 heteroatoms. The van der Waals surface area contributed by atoms with Crippen molar-refractivity contribution < 1.29 is 9.53 Å². The largest absolute Gasteiger partial charge is 0.493 e. The normalized spacial score (nSPS) is 13.2. The number of aromatic nitrogens is 4. The summed E-state index contributed by atoms with van der Waals surface area (Å²) in [6.07, 6.45) is 6.59. The van der Waals surface area contributed by atoms with Gasteiger partial charge in [0.15, 0.2) is 5.75 Å². The number of carbonyl (C=O) groups excluding carboxylic acids is 1. The summed E-state index contributed by atoms with van der Waals surface area (Å²) in [5.74, 6) is 2.09. The van der Waals surface area contributed by atoms with Crippen LogP contribution in [0.15, 0.2) is 24.5 Å². The van der Waals surface area contributed by atoms with E-state index in [9.17, 15) is 4.79 Å². The van der Waals surface area contributed by atoms with Crippen LogP contribution < -0.4 is 10.5 Å². The highest BCUT2D eigenvalue weighted by molar-refractivity contribution is 6.33. The fourth-order valence-corrected chi connectivity index (χ4v) is 2.96. The van der Waals surface area contributed by atoms with E-state index in [0.29, 0.717) is 10.8 Å². The summed E-state index contributed by atoms with van der Waals surface area (Å²) in [5, 5.41) is 0.621. The third-order valence-corrected chi connectivity index (χ3v) is 4.75. The molecule has 1 aromatic carbocycles. The number of hydrogen-bond donors (Lipinski definition) is 1. The number of amides is 1. The van der Waals surface area contributed by atoms with Crippen LogP contribution in [0.2, 0.25) is 5.02 Å². The molecule has 1 amide bonds. The highest BCUT2D eigenvalue weighted by Crippen LogP contribution is 2.36. The average Bonchev–Trinajstić information content (AvgIpc) is 3.40. The molecule has 0 radical (unpaired) electrons. The molecule has 0 unspecified atom stereocenters. The molecule has 3 aromatic rings. The number of halogens is 1. The molecule has 1 saturated carbocycles. The van der Waals surface area contributed by atoms with Crippen LogP contribution in [0.5, 0.6) is 5.75 Å². The van der Waals surface area contributed by atoms with Gasteiger partial charge < -0.3 is 15.0 Å². The Morgan fingerprint density at radius 2 is 2.07 bits per heavy atom. The fourth-order valence-electron chi connectivity index (χ4n) is 2.73. The lowest BCUT2D eigenvalue weighted by Gasteiger charge is -2.03. The van der Waals surface area contributed by atoms with E-state index >= 15 is 0 Å². The van der Waals surface area contributed by atoms with E-state index in [2.05, 4.69) is 26.6 Å². The Kier molecular flexibility index (Phi) is 5.60. The summed E-state index contributed by atoms with van der Waals surface area (Å²) < 4.78 is 7.48. The van der Waals surface area contributed by atoms with Gasteiger partial charge in [-0.1, -0.05) is 11.6 Å². The first-order valence-corrected chi connectivity index (χ1v) is 9.04. The first-order chi connectivity index (χ1) is 12.9. The minimum Gasteiger partial charge on any atom is -0.493 e. The molecule has 2 aromatic heterocycles. The summed E-state index contributed by atoms with van der Waals surface area (Å²) in [5.41, 5.74) is 7.85. The summed E-state index contributed by atoms with van der Waals surface area (Å²) in [6.45, 7) is 1.79. The standard InChI is InChI=1S/C13H15ClN2O.C6H7N3O/c1-16-10-6-5-9(14)13(17-2)12(10)15-11(16)7-8-3-4-8;1-4-2-9-5(3-8-4)6(7)10/h5-6,8H,3-4,7H2,1-2H3;2-3H,1H3,(H2,7,10). The van der Waals surface area contributed by atoms with Gasteiger partial charge in [0.2, 0.25) is 0 Å². The van der Waals surface area contributed by atoms with Gasteiger partial charge in [-0.25, -0.2) is 9.97 Å². The van der Waals surface area contributed by atoms with E-state index in [1.807, 2.05) is 12.1 Å². The number of primary amides is 1. The predicted octanol–water partition coefficient (Wildman–Crippen LogP) is 3.07. The number of carbonyl (C=O) groups is 1. The van der Waals surface area contributed by atoms with E-state index in [4.69, 9.17) is 22.1 Å². The topological polar surface area (TPSA) is 95.9 Å². The van der Waals surface area contributed by atoms with Crippen LogP contribution >= 0.6 is 11.6 Å². The Balaban J connectivity index is 0.000000180. The van der Waals surface area contributed by atoms with Gasteiger partial charge in [-0.05, 0) is 37.8 Å². The lowest BCUT2D eigenvalue weighted by atomic mass is 10.3. The zero-order chi connectivity index (χ0) is 19.6. The van der Waals surface area contributed by atoms with Gasteiger partial charge in [0.05, 0.1) is 29.5 Å². The number of nitrogens with zero attached hydrogens (tertiary/aromatic N) is 4. The SMILES string of the molecule is COc1c(Cl)ccc2c1nc(CC1CC1)n2C.Cc1cnc(C(N)=O)cn1. The molecule has 4 rings (SSSR count). The maximum absolute atomic E-state index is 10.4. The molecule has 1 fully saturated rings. The molecule has 1 aliphatic carbocycles. The Morgan fingerprint density at radius 3 is 2.63 bits per heavy atom. The van der Waals surface area contributed by atoms with Crippen LogP contribution in [-0.4, -0.2) is 32.5 Å². The van der Waals surface area contributed by atoms with Crippen molar-refractivity contribution in [3.63, 3.8) is 0 Å². The number of ether oxygens (including phenoxy) is 1. The first-order valence-electron chi connectivity index (χ1n) is 8.67. The van der Waals surface area contributed by atoms with Crippen LogP contribution in [0.3, 0.4) is 0 Å².